The molecule has 3 aliphatic rings. The van der Waals surface area contributed by atoms with E-state index in [-0.39, 0.29) is 17.6 Å². The topological polar surface area (TPSA) is 48.9 Å². The highest BCUT2D eigenvalue weighted by molar-refractivity contribution is 6.06. The van der Waals surface area contributed by atoms with E-state index in [0.717, 1.165) is 75.1 Å². The smallest absolute Gasteiger partial charge is 0.254 e. The fourth-order valence-corrected chi connectivity index (χ4v) is 7.32. The van der Waals surface area contributed by atoms with E-state index < -0.39 is 0 Å². The molecule has 2 aliphatic heterocycles. The second-order valence-corrected chi connectivity index (χ2v) is 12.0. The van der Waals surface area contributed by atoms with Crippen molar-refractivity contribution in [2.75, 3.05) is 39.3 Å². The number of hydrogen-bond donors (Lipinski definition) is 0. The van der Waals surface area contributed by atoms with Crippen molar-refractivity contribution < 1.29 is 9.53 Å². The van der Waals surface area contributed by atoms with Crippen LogP contribution in [-0.4, -0.2) is 82.6 Å². The largest absolute Gasteiger partial charge is 0.376 e. The zero-order valence-corrected chi connectivity index (χ0v) is 23.9. The summed E-state index contributed by atoms with van der Waals surface area (Å²) in [5, 5.41) is 0.942. The molecule has 39 heavy (non-hydrogen) atoms. The minimum atomic E-state index is 0.113. The molecule has 1 aromatic heterocycles. The van der Waals surface area contributed by atoms with Crippen LogP contribution in [0.2, 0.25) is 0 Å². The van der Waals surface area contributed by atoms with Gasteiger partial charge in [0.25, 0.3) is 5.91 Å². The summed E-state index contributed by atoms with van der Waals surface area (Å²) in [6.07, 6.45) is 5.00. The highest BCUT2D eigenvalue weighted by atomic mass is 16.5. The predicted octanol–water partition coefficient (Wildman–Crippen LogP) is 5.25. The molecular weight excluding hydrogens is 484 g/mol. The number of aromatic nitrogens is 1. The van der Waals surface area contributed by atoms with Crippen molar-refractivity contribution in [1.82, 2.24) is 19.7 Å². The van der Waals surface area contributed by atoms with Crippen molar-refractivity contribution in [1.29, 1.82) is 0 Å². The molecule has 0 N–H and O–H groups in total. The molecule has 2 aromatic carbocycles. The third-order valence-corrected chi connectivity index (χ3v) is 9.58. The highest BCUT2D eigenvalue weighted by Crippen LogP contribution is 2.41. The number of aryl methyl sites for hydroxylation is 1. The van der Waals surface area contributed by atoms with E-state index in [1.807, 2.05) is 35.2 Å². The second kappa shape index (κ2) is 10.6. The summed E-state index contributed by atoms with van der Waals surface area (Å²) in [5.41, 5.74) is 6.00. The molecule has 2 saturated heterocycles. The van der Waals surface area contributed by atoms with Crippen molar-refractivity contribution in [3.63, 3.8) is 0 Å². The summed E-state index contributed by atoms with van der Waals surface area (Å²) in [7, 11) is 0. The van der Waals surface area contributed by atoms with Gasteiger partial charge in [-0.25, -0.2) is 0 Å². The maximum absolute atomic E-state index is 13.5. The zero-order chi connectivity index (χ0) is 27.1. The van der Waals surface area contributed by atoms with Gasteiger partial charge in [-0.2, -0.15) is 0 Å². The number of hydrogen-bond acceptors (Lipinski definition) is 5. The highest BCUT2D eigenvalue weighted by Gasteiger charge is 2.44. The van der Waals surface area contributed by atoms with Gasteiger partial charge in [0.2, 0.25) is 0 Å². The van der Waals surface area contributed by atoms with Crippen LogP contribution < -0.4 is 0 Å². The van der Waals surface area contributed by atoms with Crippen LogP contribution in [0.3, 0.4) is 0 Å². The first-order valence-electron chi connectivity index (χ1n) is 14.7. The maximum atomic E-state index is 13.5. The molecule has 1 unspecified atom stereocenters. The summed E-state index contributed by atoms with van der Waals surface area (Å²) in [6, 6.07) is 17.5. The molecule has 6 rings (SSSR count). The Balaban J connectivity index is 1.12. The number of carbonyl (C=O) groups is 1. The number of nitrogens with zero attached hydrogens (tertiary/aromatic N) is 4. The number of amides is 1. The molecular formula is C33H42N4O2. The van der Waals surface area contributed by atoms with Gasteiger partial charge in [-0.15, -0.1) is 0 Å². The summed E-state index contributed by atoms with van der Waals surface area (Å²) in [4.78, 5) is 25.4. The summed E-state index contributed by atoms with van der Waals surface area (Å²) in [5.74, 6) is 0.130. The number of piperidine rings is 1. The Morgan fingerprint density at radius 1 is 1.08 bits per heavy atom. The van der Waals surface area contributed by atoms with E-state index >= 15 is 0 Å². The van der Waals surface area contributed by atoms with Crippen molar-refractivity contribution in [2.24, 2.45) is 0 Å². The average molecular weight is 527 g/mol. The van der Waals surface area contributed by atoms with Gasteiger partial charge in [0.1, 0.15) is 0 Å². The fraction of sp³-hybridized carbons (Fsp3) is 0.515. The number of para-hydroxylation sites is 1. The predicted molar refractivity (Wildman–Crippen MR) is 156 cm³/mol. The first kappa shape index (κ1) is 26.4. The van der Waals surface area contributed by atoms with Gasteiger partial charge < -0.3 is 9.64 Å². The Labute approximate surface area is 232 Å². The zero-order valence-electron chi connectivity index (χ0n) is 23.9. The molecule has 2 fully saturated rings. The number of carbonyl (C=O) groups excluding carboxylic acids is 1. The van der Waals surface area contributed by atoms with Crippen LogP contribution in [0.4, 0.5) is 0 Å². The van der Waals surface area contributed by atoms with Gasteiger partial charge in [0.05, 0.1) is 23.2 Å². The molecule has 3 aromatic rings. The molecule has 0 spiro atoms. The minimum Gasteiger partial charge on any atom is -0.376 e. The molecule has 206 valence electrons. The minimum absolute atomic E-state index is 0.113. The van der Waals surface area contributed by atoms with Gasteiger partial charge in [-0.3, -0.25) is 19.6 Å². The molecule has 3 atom stereocenters. The van der Waals surface area contributed by atoms with Gasteiger partial charge in [-0.1, -0.05) is 42.0 Å². The lowest BCUT2D eigenvalue weighted by molar-refractivity contribution is -0.0630. The molecule has 6 heteroatoms. The van der Waals surface area contributed by atoms with Gasteiger partial charge in [0.15, 0.2) is 0 Å². The second-order valence-electron chi connectivity index (χ2n) is 12.0. The normalized spacial score (nSPS) is 25.6. The monoisotopic (exact) mass is 526 g/mol. The molecule has 1 aliphatic carbocycles. The van der Waals surface area contributed by atoms with E-state index in [1.54, 1.807) is 6.20 Å². The average Bonchev–Trinajstić information content (AvgIpc) is 3.29. The Morgan fingerprint density at radius 2 is 1.87 bits per heavy atom. The van der Waals surface area contributed by atoms with Crippen molar-refractivity contribution in [3.8, 4) is 0 Å². The quantitative estimate of drug-likeness (QED) is 0.455. The van der Waals surface area contributed by atoms with Crippen LogP contribution >= 0.6 is 0 Å². The van der Waals surface area contributed by atoms with Crippen LogP contribution in [0.25, 0.3) is 10.9 Å². The standard InChI is InChI=1S/C33H42N4O2/c1-5-39-30-21-25-20-23(2)10-11-26(25)31(30)37-19-18-36(22-24(37)3)33(4)13-16-35(17-14-33)32(38)28-12-15-34-29-9-7-6-8-27(28)29/h6-12,15,20,24,30-31H,5,13-14,16-19,21-22H2,1-4H3/t24-,30+,31?/m0/s1. The van der Waals surface area contributed by atoms with Gasteiger partial charge in [0, 0.05) is 68.9 Å². The summed E-state index contributed by atoms with van der Waals surface area (Å²) in [6.45, 7) is 14.6. The molecule has 6 nitrogen and oxygen atoms in total. The van der Waals surface area contributed by atoms with E-state index in [4.69, 9.17) is 4.74 Å². The van der Waals surface area contributed by atoms with Crippen LogP contribution in [0.15, 0.2) is 54.7 Å². The molecule has 0 radical (unpaired) electrons. The van der Waals surface area contributed by atoms with Crippen LogP contribution in [0.1, 0.15) is 66.7 Å². The van der Waals surface area contributed by atoms with Crippen LogP contribution in [0.5, 0.6) is 0 Å². The first-order valence-corrected chi connectivity index (χ1v) is 14.7. The third-order valence-electron chi connectivity index (χ3n) is 9.58. The molecule has 1 amide bonds. The number of fused-ring (bicyclic) bond motifs is 2. The van der Waals surface area contributed by atoms with Crippen molar-refractivity contribution in [2.45, 2.75) is 70.7 Å². The van der Waals surface area contributed by atoms with E-state index in [1.165, 1.54) is 16.7 Å². The summed E-state index contributed by atoms with van der Waals surface area (Å²) < 4.78 is 6.30. The number of piperazine rings is 1. The summed E-state index contributed by atoms with van der Waals surface area (Å²) >= 11 is 0. The lowest BCUT2D eigenvalue weighted by Crippen LogP contribution is -2.62. The van der Waals surface area contributed by atoms with Crippen LogP contribution in [-0.2, 0) is 11.2 Å². The van der Waals surface area contributed by atoms with Crippen molar-refractivity contribution >= 4 is 16.8 Å². The molecule has 0 bridgehead atoms. The number of benzene rings is 2. The number of likely N-dealkylation sites (tertiary alicyclic amines) is 1. The SMILES string of the molecule is CCO[C@@H]1Cc2cc(C)ccc2C1N1CCN(C2(C)CCN(C(=O)c3ccnc4ccccc34)CC2)C[C@@H]1C. The van der Waals surface area contributed by atoms with Crippen LogP contribution in [0, 0.1) is 6.92 Å². The number of rotatable bonds is 5. The third kappa shape index (κ3) is 4.88. The lowest BCUT2D eigenvalue weighted by atomic mass is 9.86. The Bertz CT molecular complexity index is 1340. The van der Waals surface area contributed by atoms with Gasteiger partial charge in [-0.05, 0) is 63.8 Å². The maximum Gasteiger partial charge on any atom is 0.254 e. The lowest BCUT2D eigenvalue weighted by Gasteiger charge is -2.53. The number of ether oxygens (including phenoxy) is 1. The Hall–Kier alpha value is -2.80. The van der Waals surface area contributed by atoms with E-state index in [2.05, 4.69) is 60.7 Å². The van der Waals surface area contributed by atoms with E-state index in [0.29, 0.717) is 12.1 Å². The molecule has 0 saturated carbocycles. The Morgan fingerprint density at radius 3 is 2.64 bits per heavy atom. The number of pyridine rings is 1. The molecule has 3 heterocycles. The van der Waals surface area contributed by atoms with Crippen molar-refractivity contribution in [3.05, 3.63) is 77.0 Å². The fourth-order valence-electron chi connectivity index (χ4n) is 7.32. The first-order chi connectivity index (χ1) is 18.9. The Kier molecular flexibility index (Phi) is 7.21. The van der Waals surface area contributed by atoms with E-state index in [9.17, 15) is 4.79 Å². The van der Waals surface area contributed by atoms with Gasteiger partial charge >= 0.3 is 0 Å².